The molecule has 1 aliphatic rings. The summed E-state index contributed by atoms with van der Waals surface area (Å²) in [6.07, 6.45) is 3.42. The van der Waals surface area contributed by atoms with Crippen molar-refractivity contribution in [2.24, 2.45) is 0 Å². The number of aryl methyl sites for hydroxylation is 1. The number of nitrogens with zero attached hydrogens (tertiary/aromatic N) is 1. The third kappa shape index (κ3) is 4.16. The smallest absolute Gasteiger partial charge is 0.335 e. The molecule has 28 heavy (non-hydrogen) atoms. The summed E-state index contributed by atoms with van der Waals surface area (Å²) in [5.74, 6) is -0.612. The molecule has 5 nitrogen and oxygen atoms in total. The van der Waals surface area contributed by atoms with Gasteiger partial charge in [-0.1, -0.05) is 54.8 Å². The van der Waals surface area contributed by atoms with Gasteiger partial charge in [0.25, 0.3) is 5.91 Å². The topological polar surface area (TPSA) is 66.8 Å². The van der Waals surface area contributed by atoms with Gasteiger partial charge in [0, 0.05) is 0 Å². The van der Waals surface area contributed by atoms with E-state index in [0.29, 0.717) is 27.3 Å². The zero-order chi connectivity index (χ0) is 20.3. The number of thiocarbonyl (C=S) groups is 1. The molecular formula is C21H17NO4S2. The van der Waals surface area contributed by atoms with Crippen molar-refractivity contribution in [1.29, 1.82) is 0 Å². The largest absolute Gasteiger partial charge is 0.490 e. The number of thioether (sulfide) groups is 1. The number of rotatable bonds is 6. The van der Waals surface area contributed by atoms with Crippen molar-refractivity contribution in [3.05, 3.63) is 76.7 Å². The van der Waals surface area contributed by atoms with Gasteiger partial charge in [0.2, 0.25) is 0 Å². The third-order valence-electron chi connectivity index (χ3n) is 4.04. The van der Waals surface area contributed by atoms with E-state index in [1.807, 2.05) is 31.2 Å². The quantitative estimate of drug-likeness (QED) is 0.424. The molecule has 0 atom stereocenters. The standard InChI is InChI=1S/C21H17NO4S2/c1-3-10-26-16-8-5-14(6-9-16)11-18-19(23)22(21(27)28-18)17-12-15(20(24)25)7-4-13(17)2/h3-9,11-12H,1,10H2,2H3,(H,24,25). The van der Waals surface area contributed by atoms with E-state index < -0.39 is 5.97 Å². The summed E-state index contributed by atoms with van der Waals surface area (Å²) >= 11 is 6.57. The molecule has 0 aromatic heterocycles. The van der Waals surface area contributed by atoms with Gasteiger partial charge in [-0.05, 0) is 48.4 Å². The van der Waals surface area contributed by atoms with Gasteiger partial charge in [-0.3, -0.25) is 9.69 Å². The lowest BCUT2D eigenvalue weighted by atomic mass is 10.1. The van der Waals surface area contributed by atoms with Crippen LogP contribution in [-0.2, 0) is 4.79 Å². The molecule has 0 radical (unpaired) electrons. The molecule has 2 aromatic carbocycles. The molecule has 3 rings (SSSR count). The van der Waals surface area contributed by atoms with Gasteiger partial charge in [0.05, 0.1) is 16.2 Å². The number of amides is 1. The van der Waals surface area contributed by atoms with Gasteiger partial charge in [-0.2, -0.15) is 0 Å². The zero-order valence-electron chi connectivity index (χ0n) is 15.0. The lowest BCUT2D eigenvalue weighted by molar-refractivity contribution is -0.113. The predicted octanol–water partition coefficient (Wildman–Crippen LogP) is 4.66. The van der Waals surface area contributed by atoms with E-state index in [2.05, 4.69) is 6.58 Å². The molecule has 1 amide bonds. The van der Waals surface area contributed by atoms with Crippen molar-refractivity contribution in [3.63, 3.8) is 0 Å². The first-order chi connectivity index (χ1) is 13.4. The first-order valence-corrected chi connectivity index (χ1v) is 9.59. The highest BCUT2D eigenvalue weighted by atomic mass is 32.2. The third-order valence-corrected chi connectivity index (χ3v) is 5.34. The Balaban J connectivity index is 1.87. The number of carboxylic acid groups (broad SMARTS) is 1. The molecule has 1 heterocycles. The number of hydrogen-bond donors (Lipinski definition) is 1. The second kappa shape index (κ2) is 8.41. The molecule has 1 aliphatic heterocycles. The lowest BCUT2D eigenvalue weighted by Gasteiger charge is -2.17. The second-order valence-electron chi connectivity index (χ2n) is 5.99. The minimum atomic E-state index is -1.05. The molecule has 0 saturated carbocycles. The maximum atomic E-state index is 12.9. The summed E-state index contributed by atoms with van der Waals surface area (Å²) < 4.78 is 5.82. The van der Waals surface area contributed by atoms with Gasteiger partial charge in [0.15, 0.2) is 4.32 Å². The number of carboxylic acids is 1. The van der Waals surface area contributed by atoms with Gasteiger partial charge in [-0.25, -0.2) is 4.79 Å². The highest BCUT2D eigenvalue weighted by Gasteiger charge is 2.34. The number of carbonyl (C=O) groups is 2. The van der Waals surface area contributed by atoms with Crippen molar-refractivity contribution in [3.8, 4) is 5.75 Å². The van der Waals surface area contributed by atoms with Crippen LogP contribution in [0.15, 0.2) is 60.0 Å². The van der Waals surface area contributed by atoms with Crippen molar-refractivity contribution < 1.29 is 19.4 Å². The van der Waals surface area contributed by atoms with Crippen LogP contribution < -0.4 is 9.64 Å². The van der Waals surface area contributed by atoms with E-state index in [-0.39, 0.29) is 11.5 Å². The Labute approximate surface area is 172 Å². The maximum absolute atomic E-state index is 12.9. The SMILES string of the molecule is C=CCOc1ccc(C=C2SC(=S)N(c3cc(C(=O)O)ccc3C)C2=O)cc1. The Bertz CT molecular complexity index is 996. The number of anilines is 1. The Morgan fingerprint density at radius 2 is 2.00 bits per heavy atom. The molecular weight excluding hydrogens is 394 g/mol. The summed E-state index contributed by atoms with van der Waals surface area (Å²) in [6.45, 7) is 5.84. The van der Waals surface area contributed by atoms with Crippen molar-refractivity contribution >= 4 is 51.9 Å². The summed E-state index contributed by atoms with van der Waals surface area (Å²) in [5, 5.41) is 9.23. The highest BCUT2D eigenvalue weighted by Crippen LogP contribution is 2.37. The summed E-state index contributed by atoms with van der Waals surface area (Å²) in [4.78, 5) is 26.1. The van der Waals surface area contributed by atoms with E-state index in [4.69, 9.17) is 17.0 Å². The van der Waals surface area contributed by atoms with Crippen LogP contribution in [0.3, 0.4) is 0 Å². The molecule has 2 aromatic rings. The fourth-order valence-corrected chi connectivity index (χ4v) is 3.91. The van der Waals surface area contributed by atoms with E-state index in [9.17, 15) is 14.7 Å². The van der Waals surface area contributed by atoms with Crippen LogP contribution in [-0.4, -0.2) is 27.9 Å². The van der Waals surface area contributed by atoms with Crippen LogP contribution >= 0.6 is 24.0 Å². The molecule has 0 unspecified atom stereocenters. The molecule has 7 heteroatoms. The molecule has 1 N–H and O–H groups in total. The van der Waals surface area contributed by atoms with Crippen LogP contribution in [0.2, 0.25) is 0 Å². The minimum absolute atomic E-state index is 0.105. The molecule has 1 saturated heterocycles. The Morgan fingerprint density at radius 1 is 1.29 bits per heavy atom. The predicted molar refractivity (Wildman–Crippen MR) is 116 cm³/mol. The Hall–Kier alpha value is -2.90. The van der Waals surface area contributed by atoms with Crippen molar-refractivity contribution in [2.75, 3.05) is 11.5 Å². The summed E-state index contributed by atoms with van der Waals surface area (Å²) in [6, 6.07) is 12.0. The second-order valence-corrected chi connectivity index (χ2v) is 7.67. The number of aromatic carboxylic acids is 1. The van der Waals surface area contributed by atoms with Crippen LogP contribution in [0.4, 0.5) is 5.69 Å². The van der Waals surface area contributed by atoms with Crippen LogP contribution in [0.25, 0.3) is 6.08 Å². The maximum Gasteiger partial charge on any atom is 0.335 e. The normalized spacial score (nSPS) is 15.2. The van der Waals surface area contributed by atoms with Crippen LogP contribution in [0, 0.1) is 6.92 Å². The monoisotopic (exact) mass is 411 g/mol. The van der Waals surface area contributed by atoms with E-state index >= 15 is 0 Å². The van der Waals surface area contributed by atoms with Gasteiger partial charge < -0.3 is 9.84 Å². The average Bonchev–Trinajstić information content (AvgIpc) is 2.95. The number of ether oxygens (including phenoxy) is 1. The van der Waals surface area contributed by atoms with E-state index in [1.54, 1.807) is 18.2 Å². The fraction of sp³-hybridized carbons (Fsp3) is 0.0952. The number of carbonyl (C=O) groups excluding carboxylic acids is 1. The first kappa shape index (κ1) is 19.9. The van der Waals surface area contributed by atoms with Crippen LogP contribution in [0.5, 0.6) is 5.75 Å². The molecule has 1 fully saturated rings. The molecule has 0 spiro atoms. The van der Waals surface area contributed by atoms with E-state index in [1.165, 1.54) is 28.8 Å². The summed E-state index contributed by atoms with van der Waals surface area (Å²) in [7, 11) is 0. The number of benzene rings is 2. The molecule has 0 aliphatic carbocycles. The molecule has 142 valence electrons. The zero-order valence-corrected chi connectivity index (χ0v) is 16.7. The Morgan fingerprint density at radius 3 is 2.64 bits per heavy atom. The van der Waals surface area contributed by atoms with E-state index in [0.717, 1.165) is 11.1 Å². The highest BCUT2D eigenvalue weighted by molar-refractivity contribution is 8.27. The lowest BCUT2D eigenvalue weighted by Crippen LogP contribution is -2.28. The fourth-order valence-electron chi connectivity index (χ4n) is 2.63. The van der Waals surface area contributed by atoms with Gasteiger partial charge >= 0.3 is 5.97 Å². The average molecular weight is 412 g/mol. The van der Waals surface area contributed by atoms with Crippen LogP contribution in [0.1, 0.15) is 21.5 Å². The minimum Gasteiger partial charge on any atom is -0.490 e. The Kier molecular flexibility index (Phi) is 5.96. The van der Waals surface area contributed by atoms with Crippen molar-refractivity contribution in [1.82, 2.24) is 0 Å². The number of hydrogen-bond acceptors (Lipinski definition) is 5. The molecule has 0 bridgehead atoms. The first-order valence-electron chi connectivity index (χ1n) is 8.36. The van der Waals surface area contributed by atoms with Gasteiger partial charge in [-0.15, -0.1) is 0 Å². The van der Waals surface area contributed by atoms with Gasteiger partial charge in [0.1, 0.15) is 12.4 Å². The van der Waals surface area contributed by atoms with Crippen molar-refractivity contribution in [2.45, 2.75) is 6.92 Å². The summed E-state index contributed by atoms with van der Waals surface area (Å²) in [5.41, 5.74) is 2.20.